The Bertz CT molecular complexity index is 1040. The molecule has 1 aromatic heterocycles. The molecule has 0 bridgehead atoms. The Labute approximate surface area is 141 Å². The number of aromatic nitrogens is 1. The Morgan fingerprint density at radius 3 is 1.50 bits per heavy atom. The van der Waals surface area contributed by atoms with E-state index in [-0.39, 0.29) is 16.3 Å². The number of rotatable bonds is 2. The summed E-state index contributed by atoms with van der Waals surface area (Å²) in [5, 5.41) is 1.76. The summed E-state index contributed by atoms with van der Waals surface area (Å²) in [6.45, 7) is 0. The first-order chi connectivity index (χ1) is 11.1. The van der Waals surface area contributed by atoms with Crippen LogP contribution in [-0.2, 0) is 20.2 Å². The quantitative estimate of drug-likeness (QED) is 0.567. The van der Waals surface area contributed by atoms with E-state index in [1.165, 1.54) is 41.9 Å². The average Bonchev–Trinajstić information content (AvgIpc) is 2.95. The molecule has 128 valence electrons. The highest BCUT2D eigenvalue weighted by Crippen LogP contribution is 2.27. The maximum absolute atomic E-state index is 11.2. The van der Waals surface area contributed by atoms with Gasteiger partial charge in [0.1, 0.15) is 9.79 Å². The van der Waals surface area contributed by atoms with E-state index < -0.39 is 30.0 Å². The molecule has 0 atom stereocenters. The van der Waals surface area contributed by atoms with Gasteiger partial charge >= 0.3 is 0 Å². The molecule has 24 heavy (non-hydrogen) atoms. The predicted molar refractivity (Wildman–Crippen MR) is 88.5 cm³/mol. The number of hydrogen-bond donors (Lipinski definition) is 3. The van der Waals surface area contributed by atoms with E-state index in [2.05, 4.69) is 4.37 Å². The second-order valence-electron chi connectivity index (χ2n) is 4.44. The maximum Gasteiger partial charge on any atom is 0.295 e. The van der Waals surface area contributed by atoms with Crippen LogP contribution in [0.5, 0.6) is 0 Å². The molecule has 3 aromatic rings. The highest BCUT2D eigenvalue weighted by Gasteiger charge is 2.18. The number of benzene rings is 2. The number of H-pyrrole nitrogens is 1. The van der Waals surface area contributed by atoms with Gasteiger partial charge in [0.05, 0.1) is 0 Å². The third-order valence-electron chi connectivity index (χ3n) is 2.84. The average molecular weight is 389 g/mol. The second kappa shape index (κ2) is 6.83. The van der Waals surface area contributed by atoms with Gasteiger partial charge in [0.25, 0.3) is 25.8 Å². The van der Waals surface area contributed by atoms with Crippen molar-refractivity contribution in [2.75, 3.05) is 0 Å². The maximum atomic E-state index is 11.2. The second-order valence-corrected chi connectivity index (χ2v) is 7.94. The minimum Gasteiger partial charge on any atom is -0.282 e. The van der Waals surface area contributed by atoms with Crippen LogP contribution in [0.15, 0.2) is 62.4 Å². The van der Waals surface area contributed by atoms with Crippen LogP contribution < -0.4 is 5.56 Å². The summed E-state index contributed by atoms with van der Waals surface area (Å²) in [4.78, 5) is 9.20. The Balaban J connectivity index is 0.000000292. The summed E-state index contributed by atoms with van der Waals surface area (Å²) in [5.41, 5.74) is -0.0139. The van der Waals surface area contributed by atoms with Crippen LogP contribution in [0.4, 0.5) is 0 Å². The molecule has 0 fully saturated rings. The third kappa shape index (κ3) is 4.27. The fraction of sp³-hybridized carbons (Fsp3) is 0. The van der Waals surface area contributed by atoms with Crippen LogP contribution in [-0.4, -0.2) is 30.3 Å². The number of hydrogen-bond acceptors (Lipinski definition) is 6. The molecule has 0 spiro atoms. The van der Waals surface area contributed by atoms with Gasteiger partial charge < -0.3 is 0 Å². The van der Waals surface area contributed by atoms with Crippen LogP contribution in [0.3, 0.4) is 0 Å². The lowest BCUT2D eigenvalue weighted by Gasteiger charge is -2.06. The van der Waals surface area contributed by atoms with Gasteiger partial charge in [-0.3, -0.25) is 18.3 Å². The number of nitrogens with one attached hydrogen (secondary N) is 1. The minimum absolute atomic E-state index is 0.0139. The van der Waals surface area contributed by atoms with Crippen LogP contribution in [0, 0.1) is 0 Å². The van der Waals surface area contributed by atoms with E-state index >= 15 is 0 Å². The van der Waals surface area contributed by atoms with Gasteiger partial charge in [-0.1, -0.05) is 35.8 Å². The topological polar surface area (TPSA) is 142 Å². The summed E-state index contributed by atoms with van der Waals surface area (Å²) in [6, 6.07) is 9.02. The number of fused-ring (bicyclic) bond motifs is 1. The minimum atomic E-state index is -4.47. The van der Waals surface area contributed by atoms with Crippen molar-refractivity contribution in [3.05, 3.63) is 58.2 Å². The molecule has 0 unspecified atom stereocenters. The van der Waals surface area contributed by atoms with E-state index in [1.807, 2.05) is 0 Å². The Hall–Kier alpha value is -2.05. The van der Waals surface area contributed by atoms with Crippen molar-refractivity contribution in [2.45, 2.75) is 9.79 Å². The highest BCUT2D eigenvalue weighted by atomic mass is 32.2. The van der Waals surface area contributed by atoms with E-state index in [0.29, 0.717) is 0 Å². The molecule has 0 aliphatic heterocycles. The smallest absolute Gasteiger partial charge is 0.282 e. The molecule has 2 aromatic carbocycles. The first-order valence-electron chi connectivity index (χ1n) is 6.19. The summed E-state index contributed by atoms with van der Waals surface area (Å²) < 4.78 is 65.2. The largest absolute Gasteiger partial charge is 0.295 e. The molecule has 1 heterocycles. The highest BCUT2D eigenvalue weighted by molar-refractivity contribution is 7.86. The standard InChI is InChI=1S/C10H8O6S2.C3H3NOS/c11-17(12,13)9-5-1-3-7-8(9)4-2-6-10(7)18(14,15)16;5-3-1-2-6-4-3/h1-6H,(H,11,12,13)(H,14,15,16);1-2H,(H,4,5). The molecule has 3 N–H and O–H groups in total. The molecular weight excluding hydrogens is 378 g/mol. The zero-order valence-corrected chi connectivity index (χ0v) is 14.2. The van der Waals surface area contributed by atoms with Gasteiger partial charge in [-0.2, -0.15) is 16.8 Å². The summed E-state index contributed by atoms with van der Waals surface area (Å²) in [6.07, 6.45) is 0. The molecule has 0 amide bonds. The fourth-order valence-corrected chi connectivity index (χ4v) is 3.78. The predicted octanol–water partition coefficient (Wildman–Crippen LogP) is 1.77. The van der Waals surface area contributed by atoms with Crippen molar-refractivity contribution in [1.82, 2.24) is 4.37 Å². The first-order valence-corrected chi connectivity index (χ1v) is 9.95. The van der Waals surface area contributed by atoms with Gasteiger partial charge in [-0.25, -0.2) is 0 Å². The van der Waals surface area contributed by atoms with Crippen LogP contribution >= 0.6 is 11.5 Å². The summed E-state index contributed by atoms with van der Waals surface area (Å²) in [7, 11) is -8.94. The van der Waals surface area contributed by atoms with Crippen molar-refractivity contribution >= 4 is 42.5 Å². The van der Waals surface area contributed by atoms with Gasteiger partial charge in [0.2, 0.25) is 0 Å². The van der Waals surface area contributed by atoms with Crippen LogP contribution in [0.2, 0.25) is 0 Å². The van der Waals surface area contributed by atoms with Crippen molar-refractivity contribution < 1.29 is 25.9 Å². The van der Waals surface area contributed by atoms with Crippen molar-refractivity contribution in [1.29, 1.82) is 0 Å². The van der Waals surface area contributed by atoms with E-state index in [9.17, 15) is 21.6 Å². The van der Waals surface area contributed by atoms with E-state index in [4.69, 9.17) is 9.11 Å². The molecule has 0 aliphatic carbocycles. The zero-order chi connectivity index (χ0) is 18.0. The Morgan fingerprint density at radius 1 is 0.792 bits per heavy atom. The van der Waals surface area contributed by atoms with Gasteiger partial charge in [-0.15, -0.1) is 0 Å². The molecule has 3 rings (SSSR count). The van der Waals surface area contributed by atoms with Gasteiger partial charge in [-0.05, 0) is 12.1 Å². The Kier molecular flexibility index (Phi) is 5.20. The fourth-order valence-electron chi connectivity index (χ4n) is 1.92. The summed E-state index contributed by atoms with van der Waals surface area (Å²) in [5.74, 6) is 0. The SMILES string of the molecule is O=S(=O)(O)c1cccc2c(S(=O)(=O)O)cccc12.O=c1ccs[nH]1. The van der Waals surface area contributed by atoms with E-state index in [0.717, 1.165) is 12.1 Å². The third-order valence-corrected chi connectivity index (χ3v) is 5.26. The Morgan fingerprint density at radius 2 is 1.25 bits per heavy atom. The zero-order valence-electron chi connectivity index (χ0n) is 11.8. The van der Waals surface area contributed by atoms with Crippen LogP contribution in [0.25, 0.3) is 10.8 Å². The lowest BCUT2D eigenvalue weighted by atomic mass is 10.1. The molecule has 11 heteroatoms. The molecule has 8 nitrogen and oxygen atoms in total. The van der Waals surface area contributed by atoms with Crippen molar-refractivity contribution in [3.63, 3.8) is 0 Å². The number of aromatic amines is 1. The van der Waals surface area contributed by atoms with Crippen molar-refractivity contribution in [3.8, 4) is 0 Å². The normalized spacial score (nSPS) is 11.8. The molecule has 0 saturated carbocycles. The lowest BCUT2D eigenvalue weighted by Crippen LogP contribution is -2.02. The van der Waals surface area contributed by atoms with Crippen LogP contribution in [0.1, 0.15) is 0 Å². The van der Waals surface area contributed by atoms with Gasteiger partial charge in [0, 0.05) is 22.2 Å². The molecular formula is C13H11NO7S3. The molecule has 0 radical (unpaired) electrons. The monoisotopic (exact) mass is 389 g/mol. The first kappa shape index (κ1) is 18.3. The summed E-state index contributed by atoms with van der Waals surface area (Å²) >= 11 is 1.30. The van der Waals surface area contributed by atoms with E-state index in [1.54, 1.807) is 5.38 Å². The molecule has 0 aliphatic rings. The lowest BCUT2D eigenvalue weighted by molar-refractivity contribution is 0.481. The molecule has 0 saturated heterocycles. The van der Waals surface area contributed by atoms with Gasteiger partial charge in [0.15, 0.2) is 0 Å². The van der Waals surface area contributed by atoms with Crippen molar-refractivity contribution in [2.24, 2.45) is 0 Å².